The van der Waals surface area contributed by atoms with Gasteiger partial charge in [-0.2, -0.15) is 0 Å². The summed E-state index contributed by atoms with van der Waals surface area (Å²) < 4.78 is 0. The molecule has 9 rings (SSSR count). The van der Waals surface area contributed by atoms with Crippen LogP contribution in [0.4, 0.5) is 0 Å². The van der Waals surface area contributed by atoms with Crippen LogP contribution in [0.25, 0.3) is 21.9 Å². The van der Waals surface area contributed by atoms with Crippen LogP contribution in [0, 0.1) is 0 Å². The van der Waals surface area contributed by atoms with Gasteiger partial charge in [-0.1, -0.05) is 140 Å². The van der Waals surface area contributed by atoms with Crippen LogP contribution in [0.3, 0.4) is 0 Å². The summed E-state index contributed by atoms with van der Waals surface area (Å²) in [5.41, 5.74) is 10.4. The second kappa shape index (κ2) is 11.1. The van der Waals surface area contributed by atoms with Crippen LogP contribution in [0.5, 0.6) is 0 Å². The smallest absolute Gasteiger partial charge is 0.132 e. The highest BCUT2D eigenvalue weighted by atomic mass is 32.2. The van der Waals surface area contributed by atoms with Crippen molar-refractivity contribution in [2.24, 2.45) is 4.99 Å². The Balaban J connectivity index is 1.18. The molecular formula is C41H33N3S. The maximum Gasteiger partial charge on any atom is 0.132 e. The van der Waals surface area contributed by atoms with Gasteiger partial charge < -0.3 is 5.32 Å². The van der Waals surface area contributed by atoms with E-state index in [1.807, 2.05) is 0 Å². The molecule has 4 aliphatic rings. The first-order chi connectivity index (χ1) is 22.3. The number of hydrogen-bond acceptors (Lipinski definition) is 4. The molecule has 0 saturated heterocycles. The Morgan fingerprint density at radius 1 is 0.733 bits per heavy atom. The van der Waals surface area contributed by atoms with E-state index in [9.17, 15) is 0 Å². The standard InChI is InChI=1S/C41H33N3S/c1-3-14-28(15-4-1)36-30-18-9-7-12-26(30)23-25-34(36)40-42-39(29-16-5-2-6-17-29)43-41(44-40)35-21-11-20-32-33-24-22-27-13-8-10-19-31(27)37(33)45-38(32)35/h1-9,11-18,20-25,33,37,39,41,43H,10,19H2,(H,42,44). The van der Waals surface area contributed by atoms with Crippen molar-refractivity contribution in [1.82, 2.24) is 10.6 Å². The van der Waals surface area contributed by atoms with Gasteiger partial charge in [0.1, 0.15) is 18.2 Å². The maximum atomic E-state index is 5.37. The number of benzene rings is 5. The number of fused-ring (bicyclic) bond motifs is 5. The van der Waals surface area contributed by atoms with Crippen molar-refractivity contribution in [1.29, 1.82) is 0 Å². The number of nitrogens with one attached hydrogen (secondary N) is 2. The molecular weight excluding hydrogens is 567 g/mol. The summed E-state index contributed by atoms with van der Waals surface area (Å²) in [6, 6.07) is 41.4. The Morgan fingerprint density at radius 2 is 1.53 bits per heavy atom. The largest absolute Gasteiger partial charge is 0.350 e. The fourth-order valence-electron chi connectivity index (χ4n) is 7.48. The van der Waals surface area contributed by atoms with E-state index in [1.165, 1.54) is 43.5 Å². The third kappa shape index (κ3) is 4.59. The second-order valence-corrected chi connectivity index (χ2v) is 13.4. The van der Waals surface area contributed by atoms with Crippen molar-refractivity contribution in [2.75, 3.05) is 0 Å². The van der Waals surface area contributed by atoms with Gasteiger partial charge in [-0.05, 0) is 51.5 Å². The molecule has 2 aliphatic heterocycles. The van der Waals surface area contributed by atoms with Gasteiger partial charge in [0.05, 0.1) is 0 Å². The van der Waals surface area contributed by atoms with Crippen LogP contribution in [0.2, 0.25) is 0 Å². The van der Waals surface area contributed by atoms with Crippen molar-refractivity contribution >= 4 is 28.4 Å². The van der Waals surface area contributed by atoms with E-state index < -0.39 is 0 Å². The summed E-state index contributed by atoms with van der Waals surface area (Å²) in [4.78, 5) is 6.78. The molecule has 0 saturated carbocycles. The molecule has 2 N–H and O–H groups in total. The zero-order chi connectivity index (χ0) is 29.7. The average molecular weight is 600 g/mol. The molecule has 4 unspecified atom stereocenters. The summed E-state index contributed by atoms with van der Waals surface area (Å²) in [7, 11) is 0. The Hall–Kier alpha value is -4.64. The van der Waals surface area contributed by atoms with Crippen LogP contribution in [-0.4, -0.2) is 11.1 Å². The first-order valence-electron chi connectivity index (χ1n) is 15.9. The SMILES string of the molecule is C1=CC2=C(CC1)C1Sc3c(C4NC(c5ccc6ccccc6c5-c5ccccc5)=NC(c5ccccc5)N4)cccc3C1C=C2. The highest BCUT2D eigenvalue weighted by Crippen LogP contribution is 2.55. The predicted octanol–water partition coefficient (Wildman–Crippen LogP) is 9.62. The lowest BCUT2D eigenvalue weighted by atomic mass is 9.81. The minimum absolute atomic E-state index is 0.107. The van der Waals surface area contributed by atoms with E-state index in [0.29, 0.717) is 11.2 Å². The van der Waals surface area contributed by atoms with Gasteiger partial charge in [-0.15, -0.1) is 11.8 Å². The number of hydrogen-bond donors (Lipinski definition) is 2. The van der Waals surface area contributed by atoms with Crippen molar-refractivity contribution < 1.29 is 0 Å². The van der Waals surface area contributed by atoms with Crippen LogP contribution in [-0.2, 0) is 0 Å². The minimum Gasteiger partial charge on any atom is -0.350 e. The lowest BCUT2D eigenvalue weighted by molar-refractivity contribution is 0.404. The number of aliphatic imine (C=N–C) groups is 1. The summed E-state index contributed by atoms with van der Waals surface area (Å²) in [6.07, 6.45) is 11.4. The van der Waals surface area contributed by atoms with Gasteiger partial charge in [0.2, 0.25) is 0 Å². The molecule has 5 aromatic rings. The fourth-order valence-corrected chi connectivity index (χ4v) is 9.17. The highest BCUT2D eigenvalue weighted by Gasteiger charge is 2.40. The number of nitrogens with zero attached hydrogens (tertiary/aromatic N) is 1. The molecule has 3 nitrogen and oxygen atoms in total. The molecule has 5 aromatic carbocycles. The van der Waals surface area contributed by atoms with Gasteiger partial charge in [0.25, 0.3) is 0 Å². The zero-order valence-electron chi connectivity index (χ0n) is 24.9. The predicted molar refractivity (Wildman–Crippen MR) is 187 cm³/mol. The lowest BCUT2D eigenvalue weighted by Crippen LogP contribution is -2.45. The summed E-state index contributed by atoms with van der Waals surface area (Å²) in [5, 5.41) is 10.7. The maximum absolute atomic E-state index is 5.37. The molecule has 0 aromatic heterocycles. The molecule has 0 amide bonds. The molecule has 0 bridgehead atoms. The Bertz CT molecular complexity index is 2060. The van der Waals surface area contributed by atoms with Crippen molar-refractivity contribution in [3.8, 4) is 11.1 Å². The van der Waals surface area contributed by atoms with Gasteiger partial charge in [0.15, 0.2) is 0 Å². The molecule has 0 spiro atoms. The van der Waals surface area contributed by atoms with E-state index in [0.717, 1.165) is 29.8 Å². The molecule has 4 atom stereocenters. The molecule has 45 heavy (non-hydrogen) atoms. The topological polar surface area (TPSA) is 36.4 Å². The number of amidine groups is 1. The fraction of sp³-hybridized carbons (Fsp3) is 0.146. The van der Waals surface area contributed by atoms with Crippen LogP contribution < -0.4 is 10.6 Å². The Labute approximate surface area is 268 Å². The minimum atomic E-state index is -0.190. The Kier molecular flexibility index (Phi) is 6.57. The van der Waals surface area contributed by atoms with Gasteiger partial charge in [0, 0.05) is 32.8 Å². The summed E-state index contributed by atoms with van der Waals surface area (Å²) in [6.45, 7) is 0. The van der Waals surface area contributed by atoms with Crippen molar-refractivity contribution in [3.05, 3.63) is 173 Å². The van der Waals surface area contributed by atoms with E-state index in [-0.39, 0.29) is 12.3 Å². The zero-order valence-corrected chi connectivity index (χ0v) is 25.7. The molecule has 0 radical (unpaired) electrons. The summed E-state index contributed by atoms with van der Waals surface area (Å²) >= 11 is 2.06. The van der Waals surface area contributed by atoms with E-state index in [1.54, 1.807) is 5.57 Å². The van der Waals surface area contributed by atoms with Gasteiger partial charge in [-0.25, -0.2) is 4.99 Å². The average Bonchev–Trinajstić information content (AvgIpc) is 3.51. The monoisotopic (exact) mass is 599 g/mol. The number of thioether (sulfide) groups is 1. The summed E-state index contributed by atoms with van der Waals surface area (Å²) in [5.74, 6) is 1.33. The Morgan fingerprint density at radius 3 is 2.42 bits per heavy atom. The number of allylic oxidation sites excluding steroid dienone is 5. The van der Waals surface area contributed by atoms with Crippen LogP contribution in [0.15, 0.2) is 161 Å². The lowest BCUT2D eigenvalue weighted by Gasteiger charge is -2.33. The van der Waals surface area contributed by atoms with Gasteiger partial charge in [-0.3, -0.25) is 5.32 Å². The number of rotatable bonds is 4. The quantitative estimate of drug-likeness (QED) is 0.216. The van der Waals surface area contributed by atoms with Crippen molar-refractivity contribution in [3.63, 3.8) is 0 Å². The van der Waals surface area contributed by atoms with E-state index in [2.05, 4.69) is 162 Å². The molecule has 4 heteroatoms. The molecule has 2 heterocycles. The molecule has 0 fully saturated rings. The third-order valence-electron chi connectivity index (χ3n) is 9.62. The second-order valence-electron chi connectivity index (χ2n) is 12.2. The first kappa shape index (κ1) is 26.7. The van der Waals surface area contributed by atoms with Gasteiger partial charge >= 0.3 is 0 Å². The van der Waals surface area contributed by atoms with Crippen molar-refractivity contribution in [2.45, 2.75) is 41.2 Å². The first-order valence-corrected chi connectivity index (χ1v) is 16.8. The molecule has 218 valence electrons. The highest BCUT2D eigenvalue weighted by molar-refractivity contribution is 8.00. The van der Waals surface area contributed by atoms with E-state index >= 15 is 0 Å². The van der Waals surface area contributed by atoms with Crippen LogP contribution >= 0.6 is 11.8 Å². The van der Waals surface area contributed by atoms with Crippen LogP contribution in [0.1, 0.15) is 53.3 Å². The molecule has 2 aliphatic carbocycles. The normalized spacial score (nSPS) is 23.2. The van der Waals surface area contributed by atoms with E-state index in [4.69, 9.17) is 4.99 Å². The third-order valence-corrected chi connectivity index (χ3v) is 11.2.